The van der Waals surface area contributed by atoms with E-state index in [0.717, 1.165) is 85.0 Å². The Bertz CT molecular complexity index is 3550. The molecule has 142 heavy (non-hydrogen) atoms. The number of carbonyl (C=O) groups excluding carboxylic acids is 4. The van der Waals surface area contributed by atoms with Crippen LogP contribution < -0.4 is 21.3 Å². The summed E-state index contributed by atoms with van der Waals surface area (Å²) in [7, 11) is 0. The van der Waals surface area contributed by atoms with Gasteiger partial charge in [0, 0.05) is 27.2 Å². The topological polar surface area (TPSA) is 709 Å². The number of amides is 4. The zero-order chi connectivity index (χ0) is 104. The molecule has 0 bridgehead atoms. The van der Waals surface area contributed by atoms with E-state index in [-0.39, 0.29) is 12.3 Å². The highest BCUT2D eigenvalue weighted by molar-refractivity contribution is 5.76. The van der Waals surface area contributed by atoms with Gasteiger partial charge >= 0.3 is 0 Å². The van der Waals surface area contributed by atoms with Crippen molar-refractivity contribution in [2.45, 2.75) is 505 Å². The maximum absolute atomic E-state index is 13.7. The average molecular weight is 2050 g/mol. The summed E-state index contributed by atoms with van der Waals surface area (Å²) in [5.74, 6) is -3.06. The van der Waals surface area contributed by atoms with Gasteiger partial charge in [-0.3, -0.25) is 19.2 Å². The molecule has 46 nitrogen and oxygen atoms in total. The first-order valence-electron chi connectivity index (χ1n) is 51.5. The molecule has 26 N–H and O–H groups in total. The highest BCUT2D eigenvalue weighted by Crippen LogP contribution is 2.41. The zero-order valence-electron chi connectivity index (χ0n) is 82.8. The normalized spacial score (nSPS) is 38.4. The number of allylic oxidation sites excluding steroid dienone is 3. The van der Waals surface area contributed by atoms with E-state index in [1.165, 1.54) is 129 Å². The predicted octanol–water partition coefficient (Wildman–Crippen LogP) is -3.49. The molecule has 8 fully saturated rings. The van der Waals surface area contributed by atoms with Crippen LogP contribution in [0.3, 0.4) is 0 Å². The minimum atomic E-state index is -2.37. The second-order valence-electron chi connectivity index (χ2n) is 38.7. The summed E-state index contributed by atoms with van der Waals surface area (Å²) in [6.07, 6.45) is -31.9. The lowest BCUT2D eigenvalue weighted by atomic mass is 9.93. The summed E-state index contributed by atoms with van der Waals surface area (Å²) in [5, 5.41) is 260. The van der Waals surface area contributed by atoms with Crippen molar-refractivity contribution in [3.63, 3.8) is 0 Å². The maximum atomic E-state index is 13.7. The molecule has 0 aromatic rings. The van der Waals surface area contributed by atoms with Gasteiger partial charge in [0.1, 0.15) is 189 Å². The van der Waals surface area contributed by atoms with Gasteiger partial charge in [-0.2, -0.15) is 0 Å². The number of nitrogens with one attached hydrogen (secondary N) is 4. The van der Waals surface area contributed by atoms with Crippen LogP contribution in [0.15, 0.2) is 24.3 Å². The van der Waals surface area contributed by atoms with Crippen molar-refractivity contribution in [3.8, 4) is 0 Å². The second kappa shape index (κ2) is 64.5. The molecule has 16 unspecified atom stereocenters. The summed E-state index contributed by atoms with van der Waals surface area (Å²) < 4.78 is 96.7. The fourth-order valence-electron chi connectivity index (χ4n) is 19.2. The molecule has 0 radical (unpaired) electrons. The highest BCUT2D eigenvalue weighted by atomic mass is 16.8. The Morgan fingerprint density at radius 3 is 1.00 bits per heavy atom. The first kappa shape index (κ1) is 123. The highest BCUT2D eigenvalue weighted by Gasteiger charge is 2.61. The van der Waals surface area contributed by atoms with Gasteiger partial charge < -0.3 is 209 Å². The van der Waals surface area contributed by atoms with Gasteiger partial charge in [0.2, 0.25) is 23.6 Å². The van der Waals surface area contributed by atoms with Crippen molar-refractivity contribution in [1.29, 1.82) is 0 Å². The first-order chi connectivity index (χ1) is 68.1. The van der Waals surface area contributed by atoms with Crippen LogP contribution >= 0.6 is 0 Å². The quantitative estimate of drug-likeness (QED) is 0.0208. The fraction of sp³-hybridized carbons (Fsp3) is 0.917. The molecule has 8 aliphatic rings. The maximum Gasteiger partial charge on any atom is 0.220 e. The molecular weight excluding hydrogens is 1880 g/mol. The summed E-state index contributed by atoms with van der Waals surface area (Å²) in [5.41, 5.74) is 0. The molecule has 8 saturated heterocycles. The monoisotopic (exact) mass is 2050 g/mol. The first-order valence-corrected chi connectivity index (χ1v) is 51.5. The van der Waals surface area contributed by atoms with Crippen molar-refractivity contribution >= 4 is 23.6 Å². The van der Waals surface area contributed by atoms with Crippen LogP contribution in [0.5, 0.6) is 0 Å². The lowest BCUT2D eigenvalue weighted by Gasteiger charge is -2.52. The number of ether oxygens (including phenoxy) is 16. The van der Waals surface area contributed by atoms with Gasteiger partial charge in [-0.25, -0.2) is 0 Å². The third kappa shape index (κ3) is 36.3. The van der Waals surface area contributed by atoms with Crippen LogP contribution in [0.2, 0.25) is 0 Å². The minimum Gasteiger partial charge on any atom is -0.394 e. The van der Waals surface area contributed by atoms with E-state index in [4.69, 9.17) is 75.8 Å². The number of aliphatic hydroxyl groups excluding tert-OH is 22. The van der Waals surface area contributed by atoms with Gasteiger partial charge in [-0.15, -0.1) is 0 Å². The largest absolute Gasteiger partial charge is 0.394 e. The van der Waals surface area contributed by atoms with Gasteiger partial charge in [0.25, 0.3) is 0 Å². The number of unbranched alkanes of at least 4 members (excludes halogenated alkanes) is 28. The summed E-state index contributed by atoms with van der Waals surface area (Å²) in [4.78, 5) is 52.6. The van der Waals surface area contributed by atoms with E-state index in [9.17, 15) is 132 Å². The Balaban J connectivity index is 0.912. The predicted molar refractivity (Wildman–Crippen MR) is 497 cm³/mol. The Morgan fingerprint density at radius 1 is 0.289 bits per heavy atom. The van der Waals surface area contributed by atoms with Crippen molar-refractivity contribution in [3.05, 3.63) is 24.3 Å². The van der Waals surface area contributed by atoms with Gasteiger partial charge in [-0.1, -0.05) is 192 Å². The van der Waals surface area contributed by atoms with Gasteiger partial charge in [0.15, 0.2) is 50.3 Å². The van der Waals surface area contributed by atoms with Crippen LogP contribution in [-0.2, 0) is 95.0 Å². The number of carbonyl (C=O) groups is 4. The molecule has 0 saturated carbocycles. The zero-order valence-corrected chi connectivity index (χ0v) is 82.8. The molecule has 42 atom stereocenters. The molecule has 826 valence electrons. The summed E-state index contributed by atoms with van der Waals surface area (Å²) >= 11 is 0. The van der Waals surface area contributed by atoms with Crippen LogP contribution in [0, 0.1) is 0 Å². The summed E-state index contributed by atoms with van der Waals surface area (Å²) in [6, 6.07) is -6.72. The van der Waals surface area contributed by atoms with Crippen LogP contribution in [-0.4, -0.2) is 446 Å². The molecule has 8 aliphatic heterocycles. The fourth-order valence-corrected chi connectivity index (χ4v) is 19.2. The van der Waals surface area contributed by atoms with E-state index in [1.807, 2.05) is 6.08 Å². The van der Waals surface area contributed by atoms with Crippen molar-refractivity contribution in [2.75, 3.05) is 52.9 Å². The number of rotatable bonds is 63. The molecule has 0 aliphatic carbocycles. The third-order valence-corrected chi connectivity index (χ3v) is 27.5. The number of aliphatic hydroxyl groups is 22. The van der Waals surface area contributed by atoms with E-state index in [1.54, 1.807) is 6.08 Å². The van der Waals surface area contributed by atoms with Crippen molar-refractivity contribution in [1.82, 2.24) is 21.3 Å². The van der Waals surface area contributed by atoms with E-state index < -0.39 is 328 Å². The van der Waals surface area contributed by atoms with E-state index in [0.29, 0.717) is 12.8 Å². The lowest BCUT2D eigenvalue weighted by Crippen LogP contribution is -2.71. The summed E-state index contributed by atoms with van der Waals surface area (Å²) in [6.45, 7) is 0.619. The molecule has 0 aromatic carbocycles. The molecule has 4 amide bonds. The number of hydrogen-bond donors (Lipinski definition) is 26. The van der Waals surface area contributed by atoms with Crippen LogP contribution in [0.1, 0.15) is 247 Å². The molecular formula is C96H170N4O42. The molecule has 0 spiro atoms. The van der Waals surface area contributed by atoms with E-state index >= 15 is 0 Å². The van der Waals surface area contributed by atoms with Gasteiger partial charge in [-0.05, 0) is 51.9 Å². The standard InChI is InChI=1S/C96H170N4O42/c1-7-9-11-13-15-17-19-21-22-23-24-25-26-27-28-30-32-34-36-38-40-42-64(112)100-55(56(111)41-39-37-35-33-31-29-20-18-16-14-12-10-8-2)50-127-92-79(124)77(122)84(63(49-107)135-92)137-95-81(126)86(71(116)59(45-103)131-95)140-90-66(98-53(5)109)74(119)82(61(47-105)133-90)136-94-80(125)85(70(115)58(44-102)130-94)139-91-67(99-54(6)110)75(120)83(62(48-106)134-91)138-96-88(142-93-78(123)76(121)68(113)51(3)128-93)87(72(117)60(46-104)132-96)141-89-65(97-52(4)108)73(118)69(114)57(43-101)129-89/h21-22,39,41,51,55-63,65-96,101-107,111,113-126H,7-20,23-38,40,42-50H2,1-6H3,(H,97,108)(H,98,109)(H,99,110)(H,100,112)/b22-21-,41-39+/t51?,55-,56+,57?,58?,59?,60?,61?,62?,63?,65?,66?,67?,68+,69-,70-,71-,72-,73+,74+,75+,76?,77+,78-,79?,80?,81?,82+,83+,84+,85-,86-,87-,88?,89+,90-,91-,92+,93+,94-,95-,96-/m0/s1. The molecule has 46 heteroatoms. The van der Waals surface area contributed by atoms with Crippen molar-refractivity contribution < 1.29 is 207 Å². The average Bonchev–Trinajstić information content (AvgIpc) is 0.756. The Hall–Kier alpha value is -4.16. The Labute approximate surface area is 830 Å². The van der Waals surface area contributed by atoms with Crippen molar-refractivity contribution in [2.24, 2.45) is 0 Å². The second-order valence-corrected chi connectivity index (χ2v) is 38.7. The van der Waals surface area contributed by atoms with Gasteiger partial charge in [0.05, 0.1) is 71.1 Å². The smallest absolute Gasteiger partial charge is 0.220 e. The van der Waals surface area contributed by atoms with Crippen LogP contribution in [0.4, 0.5) is 0 Å². The third-order valence-electron chi connectivity index (χ3n) is 27.5. The SMILES string of the molecule is CCCCCCCC/C=C\CCCCCCCCCCCCCC(=O)N[C@@H](CO[C@@H]1OC(CO)[C@@H](O[C@@H]2OC(CO)[C@H](O)[C@H](O[C@@H]3OC(CO)[C@@H](O[C@@H]4OC(CO)[C@H](O)[C@H](O[C@@H]5OC(CO)[C@@H](O[C@@H]6OC(CO)[C@H](O)[C@H](O[C@H]7OC(CO)[C@H](O)[C@H](O)C7NC(C)=O)C6O[C@H]6OC(C)[C@@H](O)C(O)[C@@H]6O)[C@H](O)C5NC(C)=O)C4O)[C@H](O)C3NC(C)=O)C2O)[C@H](O)C1O)[C@H](O)/C=C/CCCCCCCCCCCCC. The minimum absolute atomic E-state index is 0.149. The Kier molecular flexibility index (Phi) is 55.9. The number of hydrogen-bond acceptors (Lipinski definition) is 42. The Morgan fingerprint density at radius 2 is 0.592 bits per heavy atom. The van der Waals surface area contributed by atoms with E-state index in [2.05, 4.69) is 47.3 Å². The van der Waals surface area contributed by atoms with Crippen LogP contribution in [0.25, 0.3) is 0 Å². The molecule has 0 aromatic heterocycles. The molecule has 8 rings (SSSR count). The lowest BCUT2D eigenvalue weighted by molar-refractivity contribution is -0.402. The molecule has 8 heterocycles.